The zero-order valence-corrected chi connectivity index (χ0v) is 11.4. The van der Waals surface area contributed by atoms with Crippen molar-refractivity contribution in [3.63, 3.8) is 0 Å². The number of rotatable bonds is 3. The van der Waals surface area contributed by atoms with E-state index in [9.17, 15) is 19.1 Å². The standard InChI is InChI=1S/C10H12NO5PS/c1-5(2)9-7(11-10(12)18-9)8-6(3-4-16-8)17(13,14)15/h3-5H,1-2H3,(H,11,12)(H2,13,14,15). The molecule has 0 fully saturated rings. The number of hydrogen-bond donors (Lipinski definition) is 3. The highest BCUT2D eigenvalue weighted by atomic mass is 32.1. The highest BCUT2D eigenvalue weighted by molar-refractivity contribution is 7.60. The van der Waals surface area contributed by atoms with Crippen LogP contribution in [0.2, 0.25) is 0 Å². The second-order valence-electron chi connectivity index (χ2n) is 4.09. The summed E-state index contributed by atoms with van der Waals surface area (Å²) in [5.41, 5.74) is 0.350. The Bertz CT molecular complexity index is 662. The zero-order valence-electron chi connectivity index (χ0n) is 9.71. The van der Waals surface area contributed by atoms with Gasteiger partial charge < -0.3 is 19.2 Å². The summed E-state index contributed by atoms with van der Waals surface area (Å²) in [6, 6.07) is 1.22. The van der Waals surface area contributed by atoms with E-state index in [-0.39, 0.29) is 21.9 Å². The molecular formula is C10H12NO5PS. The van der Waals surface area contributed by atoms with Crippen LogP contribution >= 0.6 is 18.9 Å². The van der Waals surface area contributed by atoms with Crippen LogP contribution < -0.4 is 10.2 Å². The molecule has 8 heteroatoms. The number of hydrogen-bond acceptors (Lipinski definition) is 4. The highest BCUT2D eigenvalue weighted by Gasteiger charge is 2.28. The van der Waals surface area contributed by atoms with Gasteiger partial charge in [0.1, 0.15) is 5.30 Å². The molecule has 2 rings (SSSR count). The number of aromatic amines is 1. The first-order chi connectivity index (χ1) is 8.30. The van der Waals surface area contributed by atoms with Gasteiger partial charge >= 0.3 is 12.5 Å². The third-order valence-electron chi connectivity index (χ3n) is 2.39. The third-order valence-corrected chi connectivity index (χ3v) is 4.55. The predicted molar refractivity (Wildman–Crippen MR) is 68.4 cm³/mol. The average molecular weight is 289 g/mol. The lowest BCUT2D eigenvalue weighted by atomic mass is 10.1. The van der Waals surface area contributed by atoms with E-state index >= 15 is 0 Å². The Morgan fingerprint density at radius 2 is 2.11 bits per heavy atom. The normalized spacial score (nSPS) is 12.3. The fourth-order valence-corrected chi connectivity index (χ4v) is 3.15. The molecule has 0 atom stereocenters. The van der Waals surface area contributed by atoms with E-state index in [0.717, 1.165) is 11.3 Å². The molecule has 18 heavy (non-hydrogen) atoms. The lowest BCUT2D eigenvalue weighted by Gasteiger charge is -2.06. The van der Waals surface area contributed by atoms with Crippen molar-refractivity contribution < 1.29 is 18.8 Å². The molecule has 2 heterocycles. The molecule has 0 unspecified atom stereocenters. The SMILES string of the molecule is CC(C)c1sc(=O)[nH]c1-c1occc1P(=O)(O)O. The summed E-state index contributed by atoms with van der Waals surface area (Å²) in [5.74, 6) is 0.0871. The Kier molecular flexibility index (Phi) is 3.33. The van der Waals surface area contributed by atoms with E-state index in [1.807, 2.05) is 13.8 Å². The van der Waals surface area contributed by atoms with Crippen LogP contribution in [0.4, 0.5) is 0 Å². The summed E-state index contributed by atoms with van der Waals surface area (Å²) in [7, 11) is -4.43. The second kappa shape index (κ2) is 4.51. The van der Waals surface area contributed by atoms with Crippen molar-refractivity contribution in [2.24, 2.45) is 0 Å². The Hall–Kier alpha value is -1.14. The van der Waals surface area contributed by atoms with Gasteiger partial charge in [0.2, 0.25) is 0 Å². The van der Waals surface area contributed by atoms with E-state index in [1.54, 1.807) is 0 Å². The van der Waals surface area contributed by atoms with Gasteiger partial charge in [-0.15, -0.1) is 0 Å². The van der Waals surface area contributed by atoms with Gasteiger partial charge in [-0.25, -0.2) is 0 Å². The molecule has 0 radical (unpaired) electrons. The van der Waals surface area contributed by atoms with E-state index in [1.165, 1.54) is 12.3 Å². The van der Waals surface area contributed by atoms with Crippen molar-refractivity contribution >= 4 is 24.2 Å². The number of H-pyrrole nitrogens is 1. The average Bonchev–Trinajstić information content (AvgIpc) is 2.80. The molecule has 2 aromatic rings. The summed E-state index contributed by atoms with van der Waals surface area (Å²) in [6.45, 7) is 3.78. The fraction of sp³-hybridized carbons (Fsp3) is 0.300. The molecule has 0 amide bonds. The van der Waals surface area contributed by atoms with Crippen molar-refractivity contribution in [2.45, 2.75) is 19.8 Å². The summed E-state index contributed by atoms with van der Waals surface area (Å²) in [6.07, 6.45) is 1.20. The maximum atomic E-state index is 11.4. The monoisotopic (exact) mass is 289 g/mol. The Balaban J connectivity index is 2.67. The van der Waals surface area contributed by atoms with Gasteiger partial charge in [0, 0.05) is 4.88 Å². The van der Waals surface area contributed by atoms with Crippen LogP contribution in [0, 0.1) is 0 Å². The van der Waals surface area contributed by atoms with Gasteiger partial charge in [-0.05, 0) is 12.0 Å². The lowest BCUT2D eigenvalue weighted by Crippen LogP contribution is -2.05. The molecule has 2 aromatic heterocycles. The molecule has 0 aliphatic carbocycles. The topological polar surface area (TPSA) is 104 Å². The van der Waals surface area contributed by atoms with E-state index in [4.69, 9.17) is 4.42 Å². The Morgan fingerprint density at radius 3 is 2.67 bits per heavy atom. The minimum absolute atomic E-state index is 0.0328. The first-order valence-electron chi connectivity index (χ1n) is 5.17. The number of furan rings is 1. The maximum Gasteiger partial charge on any atom is 0.360 e. The van der Waals surface area contributed by atoms with Crippen LogP contribution in [-0.2, 0) is 4.57 Å². The van der Waals surface area contributed by atoms with E-state index in [0.29, 0.717) is 10.6 Å². The zero-order chi connectivity index (χ0) is 13.5. The first-order valence-corrected chi connectivity index (χ1v) is 7.60. The smallest absolute Gasteiger partial charge is 0.360 e. The summed E-state index contributed by atoms with van der Waals surface area (Å²) >= 11 is 1.02. The van der Waals surface area contributed by atoms with Crippen LogP contribution in [0.3, 0.4) is 0 Å². The maximum absolute atomic E-state index is 11.4. The van der Waals surface area contributed by atoms with Crippen LogP contribution in [0.1, 0.15) is 24.6 Å². The first kappa shape index (κ1) is 13.3. The Labute approximate surface area is 106 Å². The van der Waals surface area contributed by atoms with Crippen molar-refractivity contribution in [1.82, 2.24) is 4.98 Å². The van der Waals surface area contributed by atoms with Crippen molar-refractivity contribution in [2.75, 3.05) is 0 Å². The molecule has 0 aliphatic rings. The Morgan fingerprint density at radius 1 is 1.44 bits per heavy atom. The van der Waals surface area contributed by atoms with Crippen LogP contribution in [0.15, 0.2) is 21.5 Å². The fourth-order valence-electron chi connectivity index (χ4n) is 1.63. The van der Waals surface area contributed by atoms with Gasteiger partial charge in [-0.1, -0.05) is 25.2 Å². The van der Waals surface area contributed by atoms with Crippen molar-refractivity contribution in [3.05, 3.63) is 26.9 Å². The summed E-state index contributed by atoms with van der Waals surface area (Å²) < 4.78 is 16.4. The van der Waals surface area contributed by atoms with E-state index < -0.39 is 7.60 Å². The summed E-state index contributed by atoms with van der Waals surface area (Å²) in [5, 5.41) is -0.210. The van der Waals surface area contributed by atoms with Gasteiger partial charge in [0.25, 0.3) is 0 Å². The molecular weight excluding hydrogens is 277 g/mol. The van der Waals surface area contributed by atoms with Crippen molar-refractivity contribution in [1.29, 1.82) is 0 Å². The predicted octanol–water partition coefficient (Wildman–Crippen LogP) is 1.62. The largest absolute Gasteiger partial charge is 0.462 e. The highest BCUT2D eigenvalue weighted by Crippen LogP contribution is 2.39. The minimum Gasteiger partial charge on any atom is -0.462 e. The summed E-state index contributed by atoms with van der Waals surface area (Å²) in [4.78, 5) is 32.8. The van der Waals surface area contributed by atoms with E-state index in [2.05, 4.69) is 4.98 Å². The van der Waals surface area contributed by atoms with Crippen molar-refractivity contribution in [3.8, 4) is 11.5 Å². The molecule has 0 bridgehead atoms. The van der Waals surface area contributed by atoms with Crippen LogP contribution in [-0.4, -0.2) is 14.8 Å². The quantitative estimate of drug-likeness (QED) is 0.745. The molecule has 0 saturated carbocycles. The molecule has 0 spiro atoms. The third kappa shape index (κ3) is 2.35. The van der Waals surface area contributed by atoms with Gasteiger partial charge in [-0.2, -0.15) is 0 Å². The molecule has 6 nitrogen and oxygen atoms in total. The number of aromatic nitrogens is 1. The minimum atomic E-state index is -4.43. The molecule has 0 aromatic carbocycles. The second-order valence-corrected chi connectivity index (χ2v) is 6.67. The van der Waals surface area contributed by atoms with Gasteiger partial charge in [0.05, 0.1) is 12.0 Å². The number of thiazole rings is 1. The molecule has 0 saturated heterocycles. The lowest BCUT2D eigenvalue weighted by molar-refractivity contribution is 0.387. The molecule has 98 valence electrons. The molecule has 3 N–H and O–H groups in total. The molecule has 0 aliphatic heterocycles. The van der Waals surface area contributed by atoms with Gasteiger partial charge in [-0.3, -0.25) is 9.36 Å². The van der Waals surface area contributed by atoms with Crippen LogP contribution in [0.5, 0.6) is 0 Å². The van der Waals surface area contributed by atoms with Crippen LogP contribution in [0.25, 0.3) is 11.5 Å². The van der Waals surface area contributed by atoms with Gasteiger partial charge in [0.15, 0.2) is 5.76 Å². The number of nitrogens with one attached hydrogen (secondary N) is 1.